The Balaban J connectivity index is 2.35. The van der Waals surface area contributed by atoms with Crippen molar-refractivity contribution in [1.29, 1.82) is 0 Å². The molecule has 0 spiro atoms. The van der Waals surface area contributed by atoms with Gasteiger partial charge in [0.15, 0.2) is 0 Å². The van der Waals surface area contributed by atoms with Gasteiger partial charge >= 0.3 is 5.97 Å². The SMILES string of the molecule is CC1CCCC(NCC(=O)O)C1C. The van der Waals surface area contributed by atoms with E-state index in [-0.39, 0.29) is 6.54 Å². The van der Waals surface area contributed by atoms with Gasteiger partial charge in [0.2, 0.25) is 0 Å². The van der Waals surface area contributed by atoms with Crippen molar-refractivity contribution in [3.63, 3.8) is 0 Å². The summed E-state index contributed by atoms with van der Waals surface area (Å²) in [5, 5.41) is 11.6. The van der Waals surface area contributed by atoms with Crippen molar-refractivity contribution >= 4 is 5.97 Å². The second kappa shape index (κ2) is 4.61. The van der Waals surface area contributed by atoms with Gasteiger partial charge in [-0.1, -0.05) is 26.7 Å². The molecule has 76 valence electrons. The van der Waals surface area contributed by atoms with Crippen LogP contribution in [0.1, 0.15) is 33.1 Å². The van der Waals surface area contributed by atoms with Crippen molar-refractivity contribution in [3.05, 3.63) is 0 Å². The number of carboxylic acid groups (broad SMARTS) is 1. The van der Waals surface area contributed by atoms with E-state index in [1.807, 2.05) is 0 Å². The lowest BCUT2D eigenvalue weighted by Gasteiger charge is -2.34. The van der Waals surface area contributed by atoms with Gasteiger partial charge in [0, 0.05) is 6.04 Å². The predicted molar refractivity (Wildman–Crippen MR) is 51.6 cm³/mol. The second-order valence-electron chi connectivity index (χ2n) is 4.15. The summed E-state index contributed by atoms with van der Waals surface area (Å²) in [4.78, 5) is 10.4. The van der Waals surface area contributed by atoms with E-state index in [1.54, 1.807) is 0 Å². The standard InChI is InChI=1S/C10H19NO2/c1-7-4-3-5-9(8(7)2)11-6-10(12)13/h7-9,11H,3-6H2,1-2H3,(H,12,13). The van der Waals surface area contributed by atoms with E-state index in [9.17, 15) is 4.79 Å². The van der Waals surface area contributed by atoms with Crippen LogP contribution >= 0.6 is 0 Å². The second-order valence-corrected chi connectivity index (χ2v) is 4.15. The third-order valence-electron chi connectivity index (χ3n) is 3.22. The monoisotopic (exact) mass is 185 g/mol. The van der Waals surface area contributed by atoms with Gasteiger partial charge in [-0.15, -0.1) is 0 Å². The molecule has 0 aromatic rings. The third-order valence-corrected chi connectivity index (χ3v) is 3.22. The molecular formula is C10H19NO2. The lowest BCUT2D eigenvalue weighted by atomic mass is 9.78. The Bertz CT molecular complexity index is 182. The Labute approximate surface area is 79.5 Å². The zero-order valence-corrected chi connectivity index (χ0v) is 8.42. The number of nitrogens with one attached hydrogen (secondary N) is 1. The molecule has 1 fully saturated rings. The maximum Gasteiger partial charge on any atom is 0.317 e. The van der Waals surface area contributed by atoms with Crippen molar-refractivity contribution in [3.8, 4) is 0 Å². The number of aliphatic carboxylic acids is 1. The normalized spacial score (nSPS) is 34.5. The molecule has 0 amide bonds. The van der Waals surface area contributed by atoms with Gasteiger partial charge in [-0.3, -0.25) is 4.79 Å². The van der Waals surface area contributed by atoms with Crippen LogP contribution in [0.4, 0.5) is 0 Å². The fraction of sp³-hybridized carbons (Fsp3) is 0.900. The Morgan fingerprint density at radius 3 is 2.77 bits per heavy atom. The minimum atomic E-state index is -0.759. The van der Waals surface area contributed by atoms with Crippen LogP contribution in [0.2, 0.25) is 0 Å². The average Bonchev–Trinajstić information content (AvgIpc) is 2.07. The molecule has 1 aliphatic carbocycles. The predicted octanol–water partition coefficient (Wildman–Crippen LogP) is 1.49. The fourth-order valence-corrected chi connectivity index (χ4v) is 2.09. The molecule has 13 heavy (non-hydrogen) atoms. The Kier molecular flexibility index (Phi) is 3.72. The molecule has 2 N–H and O–H groups in total. The summed E-state index contributed by atoms with van der Waals surface area (Å²) in [5.41, 5.74) is 0. The first-order valence-electron chi connectivity index (χ1n) is 5.06. The van der Waals surface area contributed by atoms with E-state index in [2.05, 4.69) is 19.2 Å². The van der Waals surface area contributed by atoms with E-state index in [0.717, 1.165) is 12.3 Å². The molecule has 0 bridgehead atoms. The first-order chi connectivity index (χ1) is 6.11. The van der Waals surface area contributed by atoms with Crippen LogP contribution in [0.15, 0.2) is 0 Å². The minimum Gasteiger partial charge on any atom is -0.480 e. The molecule has 3 heteroatoms. The summed E-state index contributed by atoms with van der Waals surface area (Å²) in [7, 11) is 0. The summed E-state index contributed by atoms with van der Waals surface area (Å²) in [6.45, 7) is 4.56. The van der Waals surface area contributed by atoms with Crippen molar-refractivity contribution in [2.24, 2.45) is 11.8 Å². The fourth-order valence-electron chi connectivity index (χ4n) is 2.09. The van der Waals surface area contributed by atoms with Crippen LogP contribution < -0.4 is 5.32 Å². The van der Waals surface area contributed by atoms with Crippen LogP contribution in [-0.4, -0.2) is 23.7 Å². The molecule has 3 atom stereocenters. The Hall–Kier alpha value is -0.570. The van der Waals surface area contributed by atoms with E-state index in [1.165, 1.54) is 12.8 Å². The zero-order chi connectivity index (χ0) is 9.84. The van der Waals surface area contributed by atoms with Crippen LogP contribution in [0.5, 0.6) is 0 Å². The Morgan fingerprint density at radius 1 is 1.46 bits per heavy atom. The highest BCUT2D eigenvalue weighted by Gasteiger charge is 2.26. The van der Waals surface area contributed by atoms with Gasteiger partial charge in [-0.25, -0.2) is 0 Å². The summed E-state index contributed by atoms with van der Waals surface area (Å²) in [6, 6.07) is 0.403. The molecular weight excluding hydrogens is 166 g/mol. The van der Waals surface area contributed by atoms with Crippen LogP contribution in [-0.2, 0) is 4.79 Å². The molecule has 3 nitrogen and oxygen atoms in total. The maximum atomic E-state index is 10.4. The smallest absolute Gasteiger partial charge is 0.317 e. The number of carboxylic acids is 1. The highest BCUT2D eigenvalue weighted by Crippen LogP contribution is 2.29. The molecule has 3 unspecified atom stereocenters. The van der Waals surface area contributed by atoms with Crippen LogP contribution in [0, 0.1) is 11.8 Å². The number of hydrogen-bond acceptors (Lipinski definition) is 2. The molecule has 0 radical (unpaired) electrons. The molecule has 0 heterocycles. The molecule has 1 saturated carbocycles. The lowest BCUT2D eigenvalue weighted by Crippen LogP contribution is -2.42. The lowest BCUT2D eigenvalue weighted by molar-refractivity contribution is -0.136. The van der Waals surface area contributed by atoms with Gasteiger partial charge in [0.05, 0.1) is 6.54 Å². The van der Waals surface area contributed by atoms with E-state index in [0.29, 0.717) is 12.0 Å². The van der Waals surface area contributed by atoms with Crippen molar-refractivity contribution in [2.45, 2.75) is 39.2 Å². The van der Waals surface area contributed by atoms with E-state index >= 15 is 0 Å². The summed E-state index contributed by atoms with van der Waals surface area (Å²) >= 11 is 0. The number of carbonyl (C=O) groups is 1. The Morgan fingerprint density at radius 2 is 2.15 bits per heavy atom. The highest BCUT2D eigenvalue weighted by atomic mass is 16.4. The molecule has 0 aliphatic heterocycles. The molecule has 1 rings (SSSR count). The topological polar surface area (TPSA) is 49.3 Å². The summed E-state index contributed by atoms with van der Waals surface area (Å²) < 4.78 is 0. The van der Waals surface area contributed by atoms with Crippen LogP contribution in [0.25, 0.3) is 0 Å². The van der Waals surface area contributed by atoms with Crippen molar-refractivity contribution in [1.82, 2.24) is 5.32 Å². The quantitative estimate of drug-likeness (QED) is 0.700. The van der Waals surface area contributed by atoms with Gasteiger partial charge < -0.3 is 10.4 Å². The maximum absolute atomic E-state index is 10.4. The number of rotatable bonds is 3. The van der Waals surface area contributed by atoms with Crippen molar-refractivity contribution < 1.29 is 9.90 Å². The molecule has 0 aromatic heterocycles. The van der Waals surface area contributed by atoms with Gasteiger partial charge in [0.25, 0.3) is 0 Å². The first kappa shape index (κ1) is 10.5. The number of hydrogen-bond donors (Lipinski definition) is 2. The first-order valence-corrected chi connectivity index (χ1v) is 5.06. The molecule has 0 saturated heterocycles. The zero-order valence-electron chi connectivity index (χ0n) is 8.42. The van der Waals surface area contributed by atoms with Gasteiger partial charge in [-0.2, -0.15) is 0 Å². The van der Waals surface area contributed by atoms with E-state index < -0.39 is 5.97 Å². The van der Waals surface area contributed by atoms with Gasteiger partial charge in [-0.05, 0) is 18.3 Å². The summed E-state index contributed by atoms with van der Waals surface area (Å²) in [5.74, 6) is 0.568. The largest absolute Gasteiger partial charge is 0.480 e. The van der Waals surface area contributed by atoms with Crippen molar-refractivity contribution in [2.75, 3.05) is 6.54 Å². The van der Waals surface area contributed by atoms with Crippen LogP contribution in [0.3, 0.4) is 0 Å². The van der Waals surface area contributed by atoms with E-state index in [4.69, 9.17) is 5.11 Å². The molecule has 0 aromatic carbocycles. The highest BCUT2D eigenvalue weighted by molar-refractivity contribution is 5.69. The summed E-state index contributed by atoms with van der Waals surface area (Å²) in [6.07, 6.45) is 3.63. The molecule has 1 aliphatic rings. The van der Waals surface area contributed by atoms with Gasteiger partial charge in [0.1, 0.15) is 0 Å². The third kappa shape index (κ3) is 2.99. The average molecular weight is 185 g/mol. The minimum absolute atomic E-state index is 0.0989.